The van der Waals surface area contributed by atoms with E-state index in [0.717, 1.165) is 22.7 Å². The Morgan fingerprint density at radius 3 is 2.55 bits per heavy atom. The number of imide groups is 1. The van der Waals surface area contributed by atoms with E-state index in [1.807, 2.05) is 0 Å². The number of hydrogen-bond acceptors (Lipinski definition) is 3. The number of para-hydroxylation sites is 1. The van der Waals surface area contributed by atoms with Gasteiger partial charge in [-0.2, -0.15) is 8.78 Å². The van der Waals surface area contributed by atoms with Crippen LogP contribution in [0.15, 0.2) is 36.4 Å². The molecule has 0 atom stereocenters. The molecule has 0 fully saturated rings. The molecular weight excluding hydrogens is 332 g/mol. The summed E-state index contributed by atoms with van der Waals surface area (Å²) in [5.74, 6) is 0.0301. The maximum Gasteiger partial charge on any atom is 0.292 e. The standard InChI is InChI=1S/C15H16ClF2NO2S/c1-11(20)19(13-8-5-4-7-12(13)16)15(21)22-10-6-2-3-9-14(17)18/h4-5,7-9H,2-3,6,10H2,1H3. The monoisotopic (exact) mass is 347 g/mol. The fourth-order valence-electron chi connectivity index (χ4n) is 1.71. The smallest absolute Gasteiger partial charge is 0.274 e. The SMILES string of the molecule is CC(=O)N(C(=O)SCCCCC=C(F)F)c1ccccc1Cl. The quantitative estimate of drug-likeness (QED) is 0.638. The second-order valence-electron chi connectivity index (χ2n) is 4.41. The van der Waals surface area contributed by atoms with Crippen molar-refractivity contribution in [3.8, 4) is 0 Å². The predicted octanol–water partition coefficient (Wildman–Crippen LogP) is 5.50. The average Bonchev–Trinajstić information content (AvgIpc) is 2.44. The highest BCUT2D eigenvalue weighted by molar-refractivity contribution is 8.13. The van der Waals surface area contributed by atoms with Crippen molar-refractivity contribution in [1.82, 2.24) is 0 Å². The fourth-order valence-corrected chi connectivity index (χ4v) is 2.81. The van der Waals surface area contributed by atoms with Gasteiger partial charge < -0.3 is 0 Å². The van der Waals surface area contributed by atoms with Crippen LogP contribution in [0.25, 0.3) is 0 Å². The highest BCUT2D eigenvalue weighted by atomic mass is 35.5. The van der Waals surface area contributed by atoms with Gasteiger partial charge in [0.05, 0.1) is 10.7 Å². The highest BCUT2D eigenvalue weighted by Gasteiger charge is 2.22. The molecule has 0 aliphatic carbocycles. The van der Waals surface area contributed by atoms with Gasteiger partial charge in [0.2, 0.25) is 5.91 Å². The van der Waals surface area contributed by atoms with Crippen LogP contribution in [-0.4, -0.2) is 16.9 Å². The molecule has 0 saturated heterocycles. The maximum atomic E-state index is 12.2. The number of unbranched alkanes of at least 4 members (excludes halogenated alkanes) is 2. The van der Waals surface area contributed by atoms with Gasteiger partial charge in [0.1, 0.15) is 0 Å². The van der Waals surface area contributed by atoms with E-state index in [9.17, 15) is 18.4 Å². The van der Waals surface area contributed by atoms with Crippen LogP contribution in [0.2, 0.25) is 5.02 Å². The van der Waals surface area contributed by atoms with E-state index in [1.54, 1.807) is 24.3 Å². The number of allylic oxidation sites excluding steroid dienone is 1. The lowest BCUT2D eigenvalue weighted by Crippen LogP contribution is -2.32. The van der Waals surface area contributed by atoms with Crippen molar-refractivity contribution in [1.29, 1.82) is 0 Å². The second-order valence-corrected chi connectivity index (χ2v) is 5.86. The van der Waals surface area contributed by atoms with Crippen molar-refractivity contribution >= 4 is 40.2 Å². The summed E-state index contributed by atoms with van der Waals surface area (Å²) in [6, 6.07) is 6.59. The largest absolute Gasteiger partial charge is 0.292 e. The first-order valence-electron chi connectivity index (χ1n) is 6.66. The molecule has 0 heterocycles. The Kier molecular flexibility index (Phi) is 8.12. The molecule has 0 N–H and O–H groups in total. The molecule has 0 bridgehead atoms. The van der Waals surface area contributed by atoms with Gasteiger partial charge in [-0.25, -0.2) is 4.90 Å². The molecule has 22 heavy (non-hydrogen) atoms. The van der Waals surface area contributed by atoms with Crippen LogP contribution in [0.3, 0.4) is 0 Å². The van der Waals surface area contributed by atoms with Gasteiger partial charge in [-0.1, -0.05) is 35.5 Å². The summed E-state index contributed by atoms with van der Waals surface area (Å²) in [5.41, 5.74) is 0.344. The van der Waals surface area contributed by atoms with Crippen molar-refractivity contribution in [3.63, 3.8) is 0 Å². The first-order valence-corrected chi connectivity index (χ1v) is 8.03. The fraction of sp³-hybridized carbons (Fsp3) is 0.333. The Bertz CT molecular complexity index is 562. The Morgan fingerprint density at radius 2 is 1.95 bits per heavy atom. The number of hydrogen-bond donors (Lipinski definition) is 0. The van der Waals surface area contributed by atoms with Crippen LogP contribution in [0.5, 0.6) is 0 Å². The molecule has 0 spiro atoms. The van der Waals surface area contributed by atoms with Crippen molar-refractivity contribution in [2.24, 2.45) is 0 Å². The van der Waals surface area contributed by atoms with Crippen LogP contribution in [0, 0.1) is 0 Å². The third kappa shape index (κ3) is 6.15. The van der Waals surface area contributed by atoms with Gasteiger partial charge in [0, 0.05) is 12.7 Å². The van der Waals surface area contributed by atoms with Gasteiger partial charge in [0.25, 0.3) is 11.3 Å². The van der Waals surface area contributed by atoms with E-state index in [2.05, 4.69) is 0 Å². The molecule has 0 unspecified atom stereocenters. The molecule has 3 nitrogen and oxygen atoms in total. The zero-order chi connectivity index (χ0) is 16.5. The summed E-state index contributed by atoms with van der Waals surface area (Å²) in [6.07, 6.45) is 0.610. The molecule has 0 aromatic heterocycles. The number of nitrogens with zero attached hydrogens (tertiary/aromatic N) is 1. The molecule has 1 rings (SSSR count). The van der Waals surface area contributed by atoms with Gasteiger partial charge >= 0.3 is 0 Å². The number of amides is 2. The Labute approximate surface area is 137 Å². The second kappa shape index (κ2) is 9.58. The van der Waals surface area contributed by atoms with Crippen LogP contribution < -0.4 is 4.90 Å². The van der Waals surface area contributed by atoms with E-state index in [0.29, 0.717) is 29.3 Å². The van der Waals surface area contributed by atoms with Crippen molar-refractivity contribution in [2.75, 3.05) is 10.7 Å². The summed E-state index contributed by atoms with van der Waals surface area (Å²) in [4.78, 5) is 24.9. The molecule has 1 aromatic rings. The highest BCUT2D eigenvalue weighted by Crippen LogP contribution is 2.28. The summed E-state index contributed by atoms with van der Waals surface area (Å²) in [7, 11) is 0. The zero-order valence-electron chi connectivity index (χ0n) is 12.0. The summed E-state index contributed by atoms with van der Waals surface area (Å²) in [5, 5.41) is -0.108. The normalized spacial score (nSPS) is 10.2. The van der Waals surface area contributed by atoms with E-state index in [4.69, 9.17) is 11.6 Å². The van der Waals surface area contributed by atoms with Crippen LogP contribution in [0.1, 0.15) is 26.2 Å². The average molecular weight is 348 g/mol. The molecule has 2 amide bonds. The minimum atomic E-state index is -1.69. The number of benzene rings is 1. The van der Waals surface area contributed by atoms with Crippen LogP contribution >= 0.6 is 23.4 Å². The lowest BCUT2D eigenvalue weighted by atomic mass is 10.2. The van der Waals surface area contributed by atoms with E-state index >= 15 is 0 Å². The molecule has 0 radical (unpaired) electrons. The van der Waals surface area contributed by atoms with Crippen LogP contribution in [-0.2, 0) is 4.79 Å². The maximum absolute atomic E-state index is 12.2. The minimum absolute atomic E-state index is 0.276. The van der Waals surface area contributed by atoms with E-state index in [1.165, 1.54) is 6.92 Å². The topological polar surface area (TPSA) is 37.4 Å². The Morgan fingerprint density at radius 1 is 1.27 bits per heavy atom. The van der Waals surface area contributed by atoms with Gasteiger partial charge in [-0.3, -0.25) is 9.59 Å². The summed E-state index contributed by atoms with van der Waals surface area (Å²) < 4.78 is 23.7. The minimum Gasteiger partial charge on any atom is -0.274 e. The van der Waals surface area contributed by atoms with Crippen LogP contribution in [0.4, 0.5) is 19.3 Å². The number of thioether (sulfide) groups is 1. The van der Waals surface area contributed by atoms with Crippen molar-refractivity contribution in [2.45, 2.75) is 26.2 Å². The lowest BCUT2D eigenvalue weighted by Gasteiger charge is -2.19. The molecule has 0 aliphatic rings. The Balaban J connectivity index is 2.55. The lowest BCUT2D eigenvalue weighted by molar-refractivity contribution is -0.115. The summed E-state index contributed by atoms with van der Waals surface area (Å²) >= 11 is 6.98. The third-order valence-electron chi connectivity index (χ3n) is 2.71. The number of halogens is 3. The number of carbonyl (C=O) groups excluding carboxylic acids is 2. The third-order valence-corrected chi connectivity index (χ3v) is 3.96. The van der Waals surface area contributed by atoms with Crippen molar-refractivity contribution < 1.29 is 18.4 Å². The molecule has 1 aromatic carbocycles. The van der Waals surface area contributed by atoms with Gasteiger partial charge in [0.15, 0.2) is 0 Å². The predicted molar refractivity (Wildman–Crippen MR) is 86.6 cm³/mol. The van der Waals surface area contributed by atoms with E-state index < -0.39 is 17.2 Å². The van der Waals surface area contributed by atoms with Gasteiger partial charge in [-0.05, 0) is 37.5 Å². The van der Waals surface area contributed by atoms with Gasteiger partial charge in [-0.15, -0.1) is 0 Å². The zero-order valence-corrected chi connectivity index (χ0v) is 13.6. The van der Waals surface area contributed by atoms with Crippen molar-refractivity contribution in [3.05, 3.63) is 41.4 Å². The molecule has 7 heteroatoms. The summed E-state index contributed by atoms with van der Waals surface area (Å²) in [6.45, 7) is 1.29. The number of anilines is 1. The number of rotatable bonds is 6. The van der Waals surface area contributed by atoms with E-state index in [-0.39, 0.29) is 6.42 Å². The number of carbonyl (C=O) groups is 2. The first-order chi connectivity index (χ1) is 10.4. The molecular formula is C15H16ClF2NO2S. The first kappa shape index (κ1) is 18.6. The molecule has 0 saturated carbocycles. The molecule has 120 valence electrons. The Hall–Kier alpha value is -1.40. The molecule has 0 aliphatic heterocycles.